The predicted molar refractivity (Wildman–Crippen MR) is 72.2 cm³/mol. The normalized spacial score (nSPS) is 12.8. The second kappa shape index (κ2) is 6.72. The van der Waals surface area contributed by atoms with E-state index in [0.29, 0.717) is 5.69 Å². The molecule has 0 saturated carbocycles. The van der Waals surface area contributed by atoms with Crippen LogP contribution < -0.4 is 10.9 Å². The lowest BCUT2D eigenvalue weighted by Gasteiger charge is -2.19. The van der Waals surface area contributed by atoms with Gasteiger partial charge in [-0.1, -0.05) is 11.6 Å². The molecule has 1 aromatic rings. The minimum Gasteiger partial charge on any atom is -0.394 e. The van der Waals surface area contributed by atoms with Gasteiger partial charge in [0, 0.05) is 12.6 Å². The quantitative estimate of drug-likeness (QED) is 0.778. The van der Waals surface area contributed by atoms with Crippen molar-refractivity contribution < 1.29 is 5.11 Å². The first kappa shape index (κ1) is 14.9. The highest BCUT2D eigenvalue weighted by molar-refractivity contribution is 6.32. The minimum atomic E-state index is -0.396. The number of nitrogens with zero attached hydrogens (tertiary/aromatic N) is 3. The van der Waals surface area contributed by atoms with E-state index in [0.717, 1.165) is 11.2 Å². The zero-order valence-electron chi connectivity index (χ0n) is 10.9. The number of aliphatic hydroxyl groups excluding tert-OH is 1. The standard InChI is InChI=1S/C11H19ClN4O2/c1-8(7-15(2)3)14-9-6-13-16(4-5-17)11(18)10(9)12/h6,8,14,17H,4-5,7H2,1-3H3. The number of aromatic nitrogens is 2. The van der Waals surface area contributed by atoms with E-state index in [4.69, 9.17) is 16.7 Å². The van der Waals surface area contributed by atoms with Gasteiger partial charge in [0.05, 0.1) is 25.0 Å². The van der Waals surface area contributed by atoms with Crippen molar-refractivity contribution in [3.05, 3.63) is 21.6 Å². The maximum absolute atomic E-state index is 11.8. The Bertz CT molecular complexity index is 447. The smallest absolute Gasteiger partial charge is 0.287 e. The molecule has 102 valence electrons. The Morgan fingerprint density at radius 1 is 1.61 bits per heavy atom. The SMILES string of the molecule is CC(CN(C)C)Nc1cnn(CCO)c(=O)c1Cl. The van der Waals surface area contributed by atoms with Gasteiger partial charge in [-0.3, -0.25) is 4.79 Å². The fraction of sp³-hybridized carbons (Fsp3) is 0.636. The summed E-state index contributed by atoms with van der Waals surface area (Å²) in [6.07, 6.45) is 1.51. The highest BCUT2D eigenvalue weighted by Crippen LogP contribution is 2.16. The topological polar surface area (TPSA) is 70.4 Å². The molecule has 2 N–H and O–H groups in total. The van der Waals surface area contributed by atoms with Crippen LogP contribution in [0.5, 0.6) is 0 Å². The summed E-state index contributed by atoms with van der Waals surface area (Å²) < 4.78 is 1.14. The Hall–Kier alpha value is -1.11. The van der Waals surface area contributed by atoms with Crippen LogP contribution in [-0.4, -0.2) is 53.1 Å². The third-order valence-electron chi connectivity index (χ3n) is 2.34. The molecule has 18 heavy (non-hydrogen) atoms. The number of nitrogens with one attached hydrogen (secondary N) is 1. The van der Waals surface area contributed by atoms with Crippen molar-refractivity contribution in [3.8, 4) is 0 Å². The Morgan fingerprint density at radius 2 is 2.28 bits per heavy atom. The second-order valence-corrected chi connectivity index (χ2v) is 4.81. The van der Waals surface area contributed by atoms with Crippen LogP contribution in [0.25, 0.3) is 0 Å². The zero-order valence-corrected chi connectivity index (χ0v) is 11.6. The first-order valence-corrected chi connectivity index (χ1v) is 6.11. The van der Waals surface area contributed by atoms with E-state index in [9.17, 15) is 4.79 Å². The highest BCUT2D eigenvalue weighted by Gasteiger charge is 2.11. The molecule has 0 aliphatic rings. The molecule has 1 atom stereocenters. The first-order valence-electron chi connectivity index (χ1n) is 5.73. The molecule has 0 radical (unpaired) electrons. The maximum atomic E-state index is 11.8. The van der Waals surface area contributed by atoms with E-state index >= 15 is 0 Å². The summed E-state index contributed by atoms with van der Waals surface area (Å²) in [6.45, 7) is 2.81. The number of aliphatic hydroxyl groups is 1. The number of anilines is 1. The summed E-state index contributed by atoms with van der Waals surface area (Å²) in [6, 6.07) is 0.146. The monoisotopic (exact) mass is 274 g/mol. The lowest BCUT2D eigenvalue weighted by Crippen LogP contribution is -2.31. The van der Waals surface area contributed by atoms with Crippen molar-refractivity contribution in [2.75, 3.05) is 32.6 Å². The third-order valence-corrected chi connectivity index (χ3v) is 2.70. The Morgan fingerprint density at radius 3 is 2.83 bits per heavy atom. The average Bonchev–Trinajstić information content (AvgIpc) is 2.28. The summed E-state index contributed by atoms with van der Waals surface area (Å²) >= 11 is 5.98. The molecular formula is C11H19ClN4O2. The lowest BCUT2D eigenvalue weighted by molar-refractivity contribution is 0.266. The molecule has 1 rings (SSSR count). The van der Waals surface area contributed by atoms with E-state index < -0.39 is 5.56 Å². The summed E-state index contributed by atoms with van der Waals surface area (Å²) in [4.78, 5) is 13.8. The average molecular weight is 275 g/mol. The molecule has 0 spiro atoms. The van der Waals surface area contributed by atoms with Crippen LogP contribution in [0, 0.1) is 0 Å². The van der Waals surface area contributed by atoms with Gasteiger partial charge >= 0.3 is 0 Å². The molecule has 0 fully saturated rings. The Balaban J connectivity index is 2.85. The van der Waals surface area contributed by atoms with Gasteiger partial charge in [-0.25, -0.2) is 4.68 Å². The summed E-state index contributed by atoms with van der Waals surface area (Å²) in [5.74, 6) is 0. The Kier molecular flexibility index (Phi) is 5.58. The van der Waals surface area contributed by atoms with Gasteiger partial charge in [0.15, 0.2) is 0 Å². The van der Waals surface area contributed by atoms with Crippen LogP contribution in [-0.2, 0) is 6.54 Å². The number of hydrogen-bond donors (Lipinski definition) is 2. The molecule has 0 bridgehead atoms. The van der Waals surface area contributed by atoms with E-state index in [1.807, 2.05) is 25.9 Å². The molecule has 1 heterocycles. The number of hydrogen-bond acceptors (Lipinski definition) is 5. The molecule has 0 amide bonds. The van der Waals surface area contributed by atoms with Crippen molar-refractivity contribution in [2.24, 2.45) is 0 Å². The van der Waals surface area contributed by atoms with Crippen molar-refractivity contribution >= 4 is 17.3 Å². The van der Waals surface area contributed by atoms with Crippen LogP contribution >= 0.6 is 11.6 Å². The molecular weight excluding hydrogens is 256 g/mol. The van der Waals surface area contributed by atoms with Crippen molar-refractivity contribution in [3.63, 3.8) is 0 Å². The summed E-state index contributed by atoms with van der Waals surface area (Å²) in [5, 5.41) is 16.0. The van der Waals surface area contributed by atoms with E-state index in [2.05, 4.69) is 10.4 Å². The van der Waals surface area contributed by atoms with Crippen LogP contribution in [0.3, 0.4) is 0 Å². The lowest BCUT2D eigenvalue weighted by atomic mass is 10.3. The molecule has 1 aromatic heterocycles. The maximum Gasteiger partial charge on any atom is 0.287 e. The summed E-state index contributed by atoms with van der Waals surface area (Å²) in [7, 11) is 3.94. The van der Waals surface area contributed by atoms with Crippen molar-refractivity contribution in [2.45, 2.75) is 19.5 Å². The van der Waals surface area contributed by atoms with Crippen LogP contribution in [0.4, 0.5) is 5.69 Å². The van der Waals surface area contributed by atoms with Crippen LogP contribution in [0.2, 0.25) is 5.02 Å². The predicted octanol–water partition coefficient (Wildman–Crippen LogP) is 0.251. The van der Waals surface area contributed by atoms with Gasteiger partial charge in [0.2, 0.25) is 0 Å². The minimum absolute atomic E-state index is 0.101. The van der Waals surface area contributed by atoms with Crippen LogP contribution in [0.15, 0.2) is 11.0 Å². The molecule has 7 heteroatoms. The molecule has 0 saturated heterocycles. The van der Waals surface area contributed by atoms with E-state index in [-0.39, 0.29) is 24.2 Å². The third kappa shape index (κ3) is 3.97. The molecule has 0 aromatic carbocycles. The number of likely N-dealkylation sites (N-methyl/N-ethyl adjacent to an activating group) is 1. The molecule has 0 aliphatic heterocycles. The van der Waals surface area contributed by atoms with E-state index in [1.165, 1.54) is 6.20 Å². The van der Waals surface area contributed by atoms with Gasteiger partial charge in [0.25, 0.3) is 5.56 Å². The second-order valence-electron chi connectivity index (χ2n) is 4.43. The summed E-state index contributed by atoms with van der Waals surface area (Å²) in [5.41, 5.74) is 0.123. The molecule has 1 unspecified atom stereocenters. The van der Waals surface area contributed by atoms with Gasteiger partial charge in [-0.15, -0.1) is 0 Å². The van der Waals surface area contributed by atoms with Crippen LogP contribution in [0.1, 0.15) is 6.92 Å². The molecule has 6 nitrogen and oxygen atoms in total. The van der Waals surface area contributed by atoms with Crippen molar-refractivity contribution in [1.29, 1.82) is 0 Å². The fourth-order valence-electron chi connectivity index (χ4n) is 1.68. The van der Waals surface area contributed by atoms with E-state index in [1.54, 1.807) is 0 Å². The molecule has 0 aliphatic carbocycles. The van der Waals surface area contributed by atoms with Gasteiger partial charge in [-0.2, -0.15) is 5.10 Å². The zero-order chi connectivity index (χ0) is 13.7. The Labute approximate surface area is 111 Å². The first-order chi connectivity index (χ1) is 8.45. The highest BCUT2D eigenvalue weighted by atomic mass is 35.5. The van der Waals surface area contributed by atoms with Crippen molar-refractivity contribution in [1.82, 2.24) is 14.7 Å². The van der Waals surface area contributed by atoms with Gasteiger partial charge < -0.3 is 15.3 Å². The largest absolute Gasteiger partial charge is 0.394 e. The number of halogens is 1. The van der Waals surface area contributed by atoms with Gasteiger partial charge in [-0.05, 0) is 21.0 Å². The number of rotatable bonds is 6. The fourth-order valence-corrected chi connectivity index (χ4v) is 1.88. The van der Waals surface area contributed by atoms with Gasteiger partial charge in [0.1, 0.15) is 5.02 Å².